The second kappa shape index (κ2) is 9.18. The van der Waals surface area contributed by atoms with E-state index in [1.54, 1.807) is 4.90 Å². The Labute approximate surface area is 184 Å². The molecule has 160 valence electrons. The molecular weight excluding hydrogens is 472 g/mol. The molecule has 0 radical (unpaired) electrons. The topological polar surface area (TPSA) is 92.8 Å². The van der Waals surface area contributed by atoms with E-state index in [0.29, 0.717) is 16.8 Å². The van der Waals surface area contributed by atoms with E-state index >= 15 is 0 Å². The average Bonchev–Trinajstić information content (AvgIpc) is 3.11. The first kappa shape index (κ1) is 22.3. The minimum atomic E-state index is -4.07. The number of carbonyl (C=O) groups excluding carboxylic acids is 2. The summed E-state index contributed by atoms with van der Waals surface area (Å²) >= 11 is 3.27. The van der Waals surface area contributed by atoms with Crippen molar-refractivity contribution in [1.29, 1.82) is 0 Å². The molecule has 1 fully saturated rings. The van der Waals surface area contributed by atoms with E-state index in [2.05, 4.69) is 20.7 Å². The number of likely N-dealkylation sites (tertiary alicyclic amines) is 1. The highest BCUT2D eigenvalue weighted by atomic mass is 79.9. The van der Waals surface area contributed by atoms with Crippen molar-refractivity contribution in [2.24, 2.45) is 5.92 Å². The Morgan fingerprint density at radius 2 is 1.97 bits per heavy atom. The number of amides is 2. The van der Waals surface area contributed by atoms with Gasteiger partial charge in [-0.1, -0.05) is 30.3 Å². The Morgan fingerprint density at radius 3 is 2.60 bits per heavy atom. The number of halogens is 1. The number of carbonyl (C=O) groups is 2. The summed E-state index contributed by atoms with van der Waals surface area (Å²) < 4.78 is 33.2. The summed E-state index contributed by atoms with van der Waals surface area (Å²) in [4.78, 5) is 26.6. The lowest BCUT2D eigenvalue weighted by atomic mass is 10.1. The molecule has 1 saturated heterocycles. The molecule has 0 aromatic heterocycles. The molecule has 1 heterocycles. The van der Waals surface area contributed by atoms with Gasteiger partial charge in [-0.25, -0.2) is 13.1 Å². The molecule has 0 bridgehead atoms. The molecule has 9 heteroatoms. The quantitative estimate of drug-likeness (QED) is 0.637. The Bertz CT molecular complexity index is 1040. The zero-order chi connectivity index (χ0) is 21.9. The number of sulfonamides is 1. The van der Waals surface area contributed by atoms with Gasteiger partial charge in [0, 0.05) is 13.0 Å². The summed E-state index contributed by atoms with van der Waals surface area (Å²) in [5.74, 6) is -1.08. The zero-order valence-electron chi connectivity index (χ0n) is 16.7. The van der Waals surface area contributed by atoms with Gasteiger partial charge < -0.3 is 9.64 Å². The van der Waals surface area contributed by atoms with E-state index in [9.17, 15) is 18.0 Å². The Morgan fingerprint density at radius 1 is 1.27 bits per heavy atom. The van der Waals surface area contributed by atoms with Crippen LogP contribution in [0.15, 0.2) is 57.9 Å². The Balaban J connectivity index is 1.70. The zero-order valence-corrected chi connectivity index (χ0v) is 19.1. The SMILES string of the molecule is CCOc1ccc(S(=O)(=O)NC(=O)C2CC(=O)N(C(C)c3ccccc3)C2)cc1Br. The molecule has 2 aromatic carbocycles. The van der Waals surface area contributed by atoms with Crippen LogP contribution in [0.1, 0.15) is 31.9 Å². The van der Waals surface area contributed by atoms with E-state index in [1.165, 1.54) is 18.2 Å². The fourth-order valence-corrected chi connectivity index (χ4v) is 5.10. The third-order valence-corrected chi connectivity index (χ3v) is 6.99. The van der Waals surface area contributed by atoms with Gasteiger partial charge in [-0.3, -0.25) is 9.59 Å². The maximum Gasteiger partial charge on any atom is 0.264 e. The van der Waals surface area contributed by atoms with Gasteiger partial charge in [0.2, 0.25) is 11.8 Å². The van der Waals surface area contributed by atoms with Crippen molar-refractivity contribution >= 4 is 37.8 Å². The lowest BCUT2D eigenvalue weighted by Gasteiger charge is -2.25. The number of ether oxygens (including phenoxy) is 1. The number of nitrogens with one attached hydrogen (secondary N) is 1. The van der Waals surface area contributed by atoms with Crippen molar-refractivity contribution in [3.8, 4) is 5.75 Å². The summed E-state index contributed by atoms with van der Waals surface area (Å²) in [5.41, 5.74) is 0.957. The number of rotatable bonds is 7. The fourth-order valence-electron chi connectivity index (χ4n) is 3.39. The number of hydrogen-bond acceptors (Lipinski definition) is 5. The normalized spacial score (nSPS) is 17.6. The molecule has 30 heavy (non-hydrogen) atoms. The summed E-state index contributed by atoms with van der Waals surface area (Å²) in [6.07, 6.45) is -0.0223. The molecule has 2 amide bonds. The minimum absolute atomic E-state index is 0.0223. The maximum atomic E-state index is 12.6. The van der Waals surface area contributed by atoms with Crippen LogP contribution in [0.3, 0.4) is 0 Å². The first-order valence-corrected chi connectivity index (χ1v) is 11.8. The summed E-state index contributed by atoms with van der Waals surface area (Å²) in [5, 5.41) is 0. The smallest absolute Gasteiger partial charge is 0.264 e. The van der Waals surface area contributed by atoms with Crippen LogP contribution in [0.2, 0.25) is 0 Å². The summed E-state index contributed by atoms with van der Waals surface area (Å²) in [6.45, 7) is 4.32. The van der Waals surface area contributed by atoms with Crippen LogP contribution < -0.4 is 9.46 Å². The molecular formula is C21H23BrN2O5S. The van der Waals surface area contributed by atoms with Crippen molar-refractivity contribution in [2.45, 2.75) is 31.2 Å². The molecule has 1 aliphatic heterocycles. The highest BCUT2D eigenvalue weighted by molar-refractivity contribution is 9.10. The van der Waals surface area contributed by atoms with E-state index in [0.717, 1.165) is 5.56 Å². The summed E-state index contributed by atoms with van der Waals surface area (Å²) in [7, 11) is -4.07. The molecule has 2 atom stereocenters. The fraction of sp³-hybridized carbons (Fsp3) is 0.333. The van der Waals surface area contributed by atoms with Crippen LogP contribution in [0, 0.1) is 5.92 Å². The number of nitrogens with zero attached hydrogens (tertiary/aromatic N) is 1. The van der Waals surface area contributed by atoms with Crippen LogP contribution in [0.4, 0.5) is 0 Å². The van der Waals surface area contributed by atoms with Crippen molar-refractivity contribution in [1.82, 2.24) is 9.62 Å². The predicted octanol–water partition coefficient (Wildman–Crippen LogP) is 3.26. The monoisotopic (exact) mass is 494 g/mol. The maximum absolute atomic E-state index is 12.6. The second-order valence-corrected chi connectivity index (χ2v) is 9.57. The van der Waals surface area contributed by atoms with Crippen molar-refractivity contribution in [2.75, 3.05) is 13.2 Å². The van der Waals surface area contributed by atoms with Crippen LogP contribution in [-0.2, 0) is 19.6 Å². The van der Waals surface area contributed by atoms with Crippen LogP contribution >= 0.6 is 15.9 Å². The van der Waals surface area contributed by atoms with Crippen molar-refractivity contribution < 1.29 is 22.7 Å². The molecule has 2 aromatic rings. The largest absolute Gasteiger partial charge is 0.493 e. The third kappa shape index (κ3) is 4.84. The second-order valence-electron chi connectivity index (χ2n) is 7.03. The molecule has 7 nitrogen and oxygen atoms in total. The highest BCUT2D eigenvalue weighted by Crippen LogP contribution is 2.30. The van der Waals surface area contributed by atoms with Crippen LogP contribution in [0.25, 0.3) is 0 Å². The molecule has 3 rings (SSSR count). The minimum Gasteiger partial charge on any atom is -0.493 e. The molecule has 1 N–H and O–H groups in total. The van der Waals surface area contributed by atoms with E-state index in [-0.39, 0.29) is 29.8 Å². The van der Waals surface area contributed by atoms with Gasteiger partial charge in [0.15, 0.2) is 0 Å². The van der Waals surface area contributed by atoms with Gasteiger partial charge in [0.05, 0.1) is 27.9 Å². The molecule has 0 aliphatic carbocycles. The van der Waals surface area contributed by atoms with E-state index in [1.807, 2.05) is 44.2 Å². The Hall–Kier alpha value is -2.39. The Kier molecular flexibility index (Phi) is 6.82. The van der Waals surface area contributed by atoms with E-state index in [4.69, 9.17) is 4.74 Å². The predicted molar refractivity (Wildman–Crippen MR) is 115 cm³/mol. The van der Waals surface area contributed by atoms with E-state index < -0.39 is 21.8 Å². The van der Waals surface area contributed by atoms with Gasteiger partial charge in [0.25, 0.3) is 10.0 Å². The number of benzene rings is 2. The molecule has 1 aliphatic rings. The van der Waals surface area contributed by atoms with Gasteiger partial charge in [0.1, 0.15) is 5.75 Å². The van der Waals surface area contributed by atoms with Gasteiger partial charge in [-0.05, 0) is 53.5 Å². The first-order valence-electron chi connectivity index (χ1n) is 9.56. The molecule has 0 spiro atoms. The van der Waals surface area contributed by atoms with Crippen molar-refractivity contribution in [3.63, 3.8) is 0 Å². The van der Waals surface area contributed by atoms with Gasteiger partial charge in [-0.2, -0.15) is 0 Å². The highest BCUT2D eigenvalue weighted by Gasteiger charge is 2.38. The lowest BCUT2D eigenvalue weighted by Crippen LogP contribution is -2.37. The lowest BCUT2D eigenvalue weighted by molar-refractivity contribution is -0.130. The first-order chi connectivity index (χ1) is 14.2. The standard InChI is InChI=1S/C21H23BrN2O5S/c1-3-29-19-10-9-17(12-18(19)22)30(27,28)23-21(26)16-11-20(25)24(13-16)14(2)15-7-5-4-6-8-15/h4-10,12,14,16H,3,11,13H2,1-2H3,(H,23,26). The third-order valence-electron chi connectivity index (χ3n) is 5.03. The van der Waals surface area contributed by atoms with Crippen molar-refractivity contribution in [3.05, 3.63) is 58.6 Å². The van der Waals surface area contributed by atoms with Crippen LogP contribution in [0.5, 0.6) is 5.75 Å². The average molecular weight is 495 g/mol. The van der Waals surface area contributed by atoms with Crippen LogP contribution in [-0.4, -0.2) is 38.3 Å². The van der Waals surface area contributed by atoms with Gasteiger partial charge >= 0.3 is 0 Å². The molecule has 2 unspecified atom stereocenters. The van der Waals surface area contributed by atoms with Gasteiger partial charge in [-0.15, -0.1) is 0 Å². The summed E-state index contributed by atoms with van der Waals surface area (Å²) in [6, 6.07) is 13.6. The number of hydrogen-bond donors (Lipinski definition) is 1. The molecule has 0 saturated carbocycles.